The van der Waals surface area contributed by atoms with Crippen molar-refractivity contribution in [2.24, 2.45) is 0 Å². The number of sulfonamides is 1. The molecule has 0 aliphatic rings. The SMILES string of the molecule is Cc1cc(-c2ccccc2)n(NS(=O)(=O)c2ccccc2)n1. The van der Waals surface area contributed by atoms with E-state index in [-0.39, 0.29) is 4.90 Å². The fraction of sp³-hybridized carbons (Fsp3) is 0.0625. The Bertz CT molecular complexity index is 872. The lowest BCUT2D eigenvalue weighted by atomic mass is 10.1. The number of nitrogens with one attached hydrogen (secondary N) is 1. The molecule has 22 heavy (non-hydrogen) atoms. The minimum atomic E-state index is -3.68. The number of aromatic nitrogens is 2. The van der Waals surface area contributed by atoms with E-state index in [9.17, 15) is 8.42 Å². The first-order chi connectivity index (χ1) is 10.6. The fourth-order valence-electron chi connectivity index (χ4n) is 2.15. The van der Waals surface area contributed by atoms with Crippen LogP contribution in [-0.2, 0) is 10.0 Å². The van der Waals surface area contributed by atoms with Gasteiger partial charge in [-0.2, -0.15) is 23.1 Å². The summed E-state index contributed by atoms with van der Waals surface area (Å²) in [4.78, 5) is 4.00. The van der Waals surface area contributed by atoms with Gasteiger partial charge in [0.25, 0.3) is 10.0 Å². The lowest BCUT2D eigenvalue weighted by Gasteiger charge is -2.11. The Morgan fingerprint density at radius 1 is 0.955 bits per heavy atom. The van der Waals surface area contributed by atoms with Gasteiger partial charge < -0.3 is 0 Å². The molecule has 0 aliphatic heterocycles. The average molecular weight is 313 g/mol. The molecule has 0 amide bonds. The van der Waals surface area contributed by atoms with Crippen LogP contribution in [0.3, 0.4) is 0 Å². The Kier molecular flexibility index (Phi) is 3.68. The van der Waals surface area contributed by atoms with Crippen molar-refractivity contribution in [1.82, 2.24) is 9.89 Å². The normalized spacial score (nSPS) is 11.3. The predicted octanol–water partition coefficient (Wildman–Crippen LogP) is 2.79. The third-order valence-electron chi connectivity index (χ3n) is 3.16. The van der Waals surface area contributed by atoms with Crippen LogP contribution in [0.25, 0.3) is 11.3 Å². The molecule has 0 atom stereocenters. The van der Waals surface area contributed by atoms with Crippen LogP contribution in [0.5, 0.6) is 0 Å². The molecule has 0 saturated carbocycles. The molecule has 5 nitrogen and oxygen atoms in total. The molecule has 1 heterocycles. The number of aryl methyl sites for hydroxylation is 1. The van der Waals surface area contributed by atoms with E-state index in [1.807, 2.05) is 43.3 Å². The van der Waals surface area contributed by atoms with Crippen molar-refractivity contribution >= 4 is 10.0 Å². The molecular weight excluding hydrogens is 298 g/mol. The first-order valence-corrected chi connectivity index (χ1v) is 8.24. The van der Waals surface area contributed by atoms with E-state index < -0.39 is 10.0 Å². The maximum absolute atomic E-state index is 12.4. The van der Waals surface area contributed by atoms with Crippen LogP contribution in [0.1, 0.15) is 5.69 Å². The van der Waals surface area contributed by atoms with Crippen molar-refractivity contribution in [3.05, 3.63) is 72.4 Å². The summed E-state index contributed by atoms with van der Waals surface area (Å²) in [5.74, 6) is 0. The highest BCUT2D eigenvalue weighted by atomic mass is 32.2. The summed E-state index contributed by atoms with van der Waals surface area (Å²) >= 11 is 0. The molecule has 2 aromatic carbocycles. The van der Waals surface area contributed by atoms with E-state index in [2.05, 4.69) is 9.93 Å². The van der Waals surface area contributed by atoms with Crippen molar-refractivity contribution < 1.29 is 8.42 Å². The zero-order chi connectivity index (χ0) is 15.6. The maximum atomic E-state index is 12.4. The van der Waals surface area contributed by atoms with Crippen LogP contribution >= 0.6 is 0 Å². The summed E-state index contributed by atoms with van der Waals surface area (Å²) in [7, 11) is -3.68. The van der Waals surface area contributed by atoms with Gasteiger partial charge in [0.05, 0.1) is 16.3 Å². The average Bonchev–Trinajstić information content (AvgIpc) is 2.89. The molecule has 3 rings (SSSR count). The summed E-state index contributed by atoms with van der Waals surface area (Å²) in [5, 5.41) is 4.22. The molecule has 0 fully saturated rings. The molecule has 0 aliphatic carbocycles. The summed E-state index contributed by atoms with van der Waals surface area (Å²) in [6.45, 7) is 1.82. The van der Waals surface area contributed by atoms with E-state index >= 15 is 0 Å². The van der Waals surface area contributed by atoms with Crippen molar-refractivity contribution in [3.8, 4) is 11.3 Å². The van der Waals surface area contributed by atoms with E-state index in [4.69, 9.17) is 0 Å². The van der Waals surface area contributed by atoms with Gasteiger partial charge in [-0.1, -0.05) is 48.5 Å². The van der Waals surface area contributed by atoms with E-state index in [0.717, 1.165) is 11.3 Å². The Balaban J connectivity index is 2.00. The molecule has 3 aromatic rings. The standard InChI is InChI=1S/C16H15N3O2S/c1-13-12-16(14-8-4-2-5-9-14)19(17-13)18-22(20,21)15-10-6-3-7-11-15/h2-12,18H,1H3. The second-order valence-corrected chi connectivity index (χ2v) is 6.52. The molecule has 112 valence electrons. The Hall–Kier alpha value is -2.60. The topological polar surface area (TPSA) is 64.0 Å². The van der Waals surface area contributed by atoms with E-state index in [1.165, 1.54) is 4.79 Å². The Labute approximate surface area is 129 Å². The van der Waals surface area contributed by atoms with Crippen LogP contribution in [0.2, 0.25) is 0 Å². The highest BCUT2D eigenvalue weighted by Crippen LogP contribution is 2.20. The molecule has 0 spiro atoms. The summed E-state index contributed by atoms with van der Waals surface area (Å²) in [6.07, 6.45) is 0. The molecular formula is C16H15N3O2S. The Morgan fingerprint density at radius 3 is 2.18 bits per heavy atom. The number of nitrogens with zero attached hydrogens (tertiary/aromatic N) is 2. The van der Waals surface area contributed by atoms with E-state index in [1.54, 1.807) is 30.3 Å². The van der Waals surface area contributed by atoms with Crippen LogP contribution in [0.4, 0.5) is 0 Å². The van der Waals surface area contributed by atoms with Crippen LogP contribution < -0.4 is 4.83 Å². The van der Waals surface area contributed by atoms with Gasteiger partial charge in [0.15, 0.2) is 0 Å². The third-order valence-corrected chi connectivity index (χ3v) is 4.47. The lowest BCUT2D eigenvalue weighted by Crippen LogP contribution is -2.25. The maximum Gasteiger partial charge on any atom is 0.276 e. The highest BCUT2D eigenvalue weighted by molar-refractivity contribution is 7.92. The van der Waals surface area contributed by atoms with Gasteiger partial charge in [0.1, 0.15) is 0 Å². The largest absolute Gasteiger partial charge is 0.276 e. The molecule has 0 radical (unpaired) electrons. The minimum absolute atomic E-state index is 0.196. The summed E-state index contributed by atoms with van der Waals surface area (Å²) in [5.41, 5.74) is 2.31. The van der Waals surface area contributed by atoms with Gasteiger partial charge >= 0.3 is 0 Å². The number of benzene rings is 2. The summed E-state index contributed by atoms with van der Waals surface area (Å²) < 4.78 is 24.8. The molecule has 1 N–H and O–H groups in total. The van der Waals surface area contributed by atoms with Crippen LogP contribution in [0.15, 0.2) is 71.6 Å². The Morgan fingerprint density at radius 2 is 1.55 bits per heavy atom. The second-order valence-electron chi connectivity index (χ2n) is 4.86. The zero-order valence-corrected chi connectivity index (χ0v) is 12.8. The molecule has 6 heteroatoms. The van der Waals surface area contributed by atoms with Gasteiger partial charge in [-0.05, 0) is 25.1 Å². The van der Waals surface area contributed by atoms with Gasteiger partial charge in [0.2, 0.25) is 0 Å². The predicted molar refractivity (Wildman–Crippen MR) is 85.4 cm³/mol. The van der Waals surface area contributed by atoms with Gasteiger partial charge in [-0.3, -0.25) is 0 Å². The molecule has 0 unspecified atom stereocenters. The molecule has 0 bridgehead atoms. The van der Waals surface area contributed by atoms with Gasteiger partial charge in [-0.15, -0.1) is 0 Å². The lowest BCUT2D eigenvalue weighted by molar-refractivity contribution is 0.592. The van der Waals surface area contributed by atoms with E-state index in [0.29, 0.717) is 5.69 Å². The first kappa shape index (κ1) is 14.3. The van der Waals surface area contributed by atoms with Crippen LogP contribution in [-0.4, -0.2) is 18.3 Å². The van der Waals surface area contributed by atoms with Crippen LogP contribution in [0, 0.1) is 6.92 Å². The van der Waals surface area contributed by atoms with Crippen molar-refractivity contribution in [3.63, 3.8) is 0 Å². The number of hydrogen-bond donors (Lipinski definition) is 1. The summed E-state index contributed by atoms with van der Waals surface area (Å²) in [6, 6.07) is 19.6. The fourth-order valence-corrected chi connectivity index (χ4v) is 3.14. The van der Waals surface area contributed by atoms with Crippen molar-refractivity contribution in [2.45, 2.75) is 11.8 Å². The number of rotatable bonds is 4. The second kappa shape index (κ2) is 5.65. The minimum Gasteiger partial charge on any atom is -0.200 e. The highest BCUT2D eigenvalue weighted by Gasteiger charge is 2.17. The molecule has 0 saturated heterocycles. The van der Waals surface area contributed by atoms with Gasteiger partial charge in [-0.25, -0.2) is 0 Å². The van der Waals surface area contributed by atoms with Crippen molar-refractivity contribution in [2.75, 3.05) is 4.83 Å². The third kappa shape index (κ3) is 2.87. The monoisotopic (exact) mass is 313 g/mol. The van der Waals surface area contributed by atoms with Crippen molar-refractivity contribution in [1.29, 1.82) is 0 Å². The quantitative estimate of drug-likeness (QED) is 0.805. The molecule has 1 aromatic heterocycles. The van der Waals surface area contributed by atoms with Gasteiger partial charge in [0, 0.05) is 5.56 Å². The first-order valence-electron chi connectivity index (χ1n) is 6.76. The number of hydrogen-bond acceptors (Lipinski definition) is 3. The smallest absolute Gasteiger partial charge is 0.200 e. The zero-order valence-electron chi connectivity index (χ0n) is 12.0.